The van der Waals surface area contributed by atoms with E-state index < -0.39 is 12.1 Å². The molecule has 0 saturated heterocycles. The molecule has 1 aliphatic rings. The molecule has 4 nitrogen and oxygen atoms in total. The van der Waals surface area contributed by atoms with Gasteiger partial charge in [-0.2, -0.15) is 0 Å². The maximum absolute atomic E-state index is 10.5. The normalized spacial score (nSPS) is 18.2. The second kappa shape index (κ2) is 7.72. The topological polar surface area (TPSA) is 64.7 Å². The number of hydrogen-bond acceptors (Lipinski definition) is 4. The van der Waals surface area contributed by atoms with Crippen LogP contribution >= 0.6 is 12.4 Å². The molecule has 1 fully saturated rings. The summed E-state index contributed by atoms with van der Waals surface area (Å²) in [6.45, 7) is 0. The number of ether oxygens (including phenoxy) is 2. The molecule has 5 heteroatoms. The molecule has 1 saturated carbocycles. The van der Waals surface area contributed by atoms with E-state index in [1.54, 1.807) is 14.2 Å². The summed E-state index contributed by atoms with van der Waals surface area (Å²) < 4.78 is 10.7. The van der Waals surface area contributed by atoms with Crippen LogP contribution in [0.2, 0.25) is 0 Å². The molecule has 0 unspecified atom stereocenters. The Morgan fingerprint density at radius 3 is 2.10 bits per heavy atom. The number of rotatable bonds is 5. The Bertz CT molecular complexity index is 399. The van der Waals surface area contributed by atoms with Gasteiger partial charge in [-0.25, -0.2) is 0 Å². The molecule has 0 aromatic heterocycles. The number of benzene rings is 1. The lowest BCUT2D eigenvalue weighted by Crippen LogP contribution is -2.32. The predicted octanol–water partition coefficient (Wildman–Crippen LogP) is 2.68. The average molecular weight is 302 g/mol. The van der Waals surface area contributed by atoms with Crippen molar-refractivity contribution in [3.05, 3.63) is 23.8 Å². The molecule has 20 heavy (non-hydrogen) atoms. The van der Waals surface area contributed by atoms with E-state index in [0.717, 1.165) is 18.4 Å². The van der Waals surface area contributed by atoms with Crippen LogP contribution in [0.15, 0.2) is 18.2 Å². The van der Waals surface area contributed by atoms with Gasteiger partial charge >= 0.3 is 0 Å². The SMILES string of the molecule is COc1cccc(OC)c1[C@@H](N)[C@@H](O)C1CCCC1.Cl. The quantitative estimate of drug-likeness (QED) is 0.877. The fourth-order valence-electron chi connectivity index (χ4n) is 2.97. The Morgan fingerprint density at radius 1 is 1.15 bits per heavy atom. The van der Waals surface area contributed by atoms with Crippen LogP contribution in [0.4, 0.5) is 0 Å². The zero-order valence-corrected chi connectivity index (χ0v) is 12.9. The molecule has 2 rings (SSSR count). The number of hydrogen-bond donors (Lipinski definition) is 2. The Hall–Kier alpha value is -0.970. The van der Waals surface area contributed by atoms with Crippen LogP contribution in [0.3, 0.4) is 0 Å². The zero-order valence-electron chi connectivity index (χ0n) is 12.0. The van der Waals surface area contributed by atoms with E-state index in [4.69, 9.17) is 15.2 Å². The highest BCUT2D eigenvalue weighted by molar-refractivity contribution is 5.85. The highest BCUT2D eigenvalue weighted by atomic mass is 35.5. The van der Waals surface area contributed by atoms with E-state index in [0.29, 0.717) is 11.5 Å². The summed E-state index contributed by atoms with van der Waals surface area (Å²) in [7, 11) is 3.21. The van der Waals surface area contributed by atoms with E-state index in [1.165, 1.54) is 12.8 Å². The van der Waals surface area contributed by atoms with Crippen molar-refractivity contribution in [2.45, 2.75) is 37.8 Å². The van der Waals surface area contributed by atoms with Gasteiger partial charge in [0.05, 0.1) is 31.9 Å². The number of aliphatic hydroxyl groups is 1. The first kappa shape index (κ1) is 17.1. The lowest BCUT2D eigenvalue weighted by molar-refractivity contribution is 0.0826. The number of nitrogens with two attached hydrogens (primary N) is 1. The van der Waals surface area contributed by atoms with Crippen LogP contribution in [0.5, 0.6) is 11.5 Å². The van der Waals surface area contributed by atoms with Crippen molar-refractivity contribution in [2.75, 3.05) is 14.2 Å². The Kier molecular flexibility index (Phi) is 6.59. The first-order valence-electron chi connectivity index (χ1n) is 6.83. The van der Waals surface area contributed by atoms with Crippen LogP contribution in [0.25, 0.3) is 0 Å². The summed E-state index contributed by atoms with van der Waals surface area (Å²) in [5.74, 6) is 1.62. The van der Waals surface area contributed by atoms with Crippen molar-refractivity contribution in [3.63, 3.8) is 0 Å². The number of halogens is 1. The van der Waals surface area contributed by atoms with Crippen molar-refractivity contribution < 1.29 is 14.6 Å². The molecule has 1 aromatic rings. The molecule has 1 aromatic carbocycles. The van der Waals surface area contributed by atoms with Crippen molar-refractivity contribution in [1.29, 1.82) is 0 Å². The van der Waals surface area contributed by atoms with Gasteiger partial charge in [0.15, 0.2) is 0 Å². The van der Waals surface area contributed by atoms with Crippen molar-refractivity contribution in [2.24, 2.45) is 11.7 Å². The first-order valence-corrected chi connectivity index (χ1v) is 6.83. The third-order valence-electron chi connectivity index (χ3n) is 4.05. The number of methoxy groups -OCH3 is 2. The van der Waals surface area contributed by atoms with Crippen molar-refractivity contribution in [3.8, 4) is 11.5 Å². The second-order valence-corrected chi connectivity index (χ2v) is 5.14. The third-order valence-corrected chi connectivity index (χ3v) is 4.05. The standard InChI is InChI=1S/C15H23NO3.ClH/c1-18-11-8-5-9-12(19-2)13(11)14(16)15(17)10-6-3-4-7-10;/h5,8-10,14-15,17H,3-4,6-7,16H2,1-2H3;1H/t14-,15+;/m1./s1. The Labute approximate surface area is 126 Å². The minimum absolute atomic E-state index is 0. The molecule has 2 atom stereocenters. The van der Waals surface area contributed by atoms with Crippen LogP contribution < -0.4 is 15.2 Å². The molecule has 1 aliphatic carbocycles. The smallest absolute Gasteiger partial charge is 0.127 e. The third kappa shape index (κ3) is 3.37. The zero-order chi connectivity index (χ0) is 13.8. The Morgan fingerprint density at radius 2 is 1.65 bits per heavy atom. The molecule has 0 radical (unpaired) electrons. The fraction of sp³-hybridized carbons (Fsp3) is 0.600. The largest absolute Gasteiger partial charge is 0.496 e. The van der Waals surface area contributed by atoms with Crippen molar-refractivity contribution >= 4 is 12.4 Å². The molecule has 0 bridgehead atoms. The molecule has 114 valence electrons. The summed E-state index contributed by atoms with van der Waals surface area (Å²) >= 11 is 0. The molecular formula is C15H24ClNO3. The van der Waals surface area contributed by atoms with E-state index in [-0.39, 0.29) is 18.3 Å². The van der Waals surface area contributed by atoms with E-state index in [2.05, 4.69) is 0 Å². The lowest BCUT2D eigenvalue weighted by Gasteiger charge is -2.27. The summed E-state index contributed by atoms with van der Waals surface area (Å²) in [4.78, 5) is 0. The summed E-state index contributed by atoms with van der Waals surface area (Å²) in [5, 5.41) is 10.5. The van der Waals surface area contributed by atoms with Crippen LogP contribution in [-0.2, 0) is 0 Å². The van der Waals surface area contributed by atoms with E-state index in [1.807, 2.05) is 18.2 Å². The van der Waals surface area contributed by atoms with Gasteiger partial charge in [0, 0.05) is 0 Å². The molecular weight excluding hydrogens is 278 g/mol. The highest BCUT2D eigenvalue weighted by Crippen LogP contribution is 2.39. The van der Waals surface area contributed by atoms with E-state index in [9.17, 15) is 5.11 Å². The molecule has 0 heterocycles. The maximum Gasteiger partial charge on any atom is 0.127 e. The molecule has 0 amide bonds. The average Bonchev–Trinajstić information content (AvgIpc) is 2.98. The van der Waals surface area contributed by atoms with Crippen LogP contribution in [0.1, 0.15) is 37.3 Å². The van der Waals surface area contributed by atoms with Crippen LogP contribution in [-0.4, -0.2) is 25.4 Å². The van der Waals surface area contributed by atoms with E-state index >= 15 is 0 Å². The monoisotopic (exact) mass is 301 g/mol. The highest BCUT2D eigenvalue weighted by Gasteiger charge is 2.31. The van der Waals surface area contributed by atoms with Crippen LogP contribution in [0, 0.1) is 5.92 Å². The van der Waals surface area contributed by atoms with Gasteiger partial charge in [-0.3, -0.25) is 0 Å². The summed E-state index contributed by atoms with van der Waals surface area (Å²) in [6, 6.07) is 5.07. The minimum atomic E-state index is -0.548. The number of aliphatic hydroxyl groups excluding tert-OH is 1. The molecule has 3 N–H and O–H groups in total. The summed E-state index contributed by atoms with van der Waals surface area (Å²) in [6.07, 6.45) is 3.90. The van der Waals surface area contributed by atoms with Gasteiger partial charge in [-0.15, -0.1) is 12.4 Å². The minimum Gasteiger partial charge on any atom is -0.496 e. The fourth-order valence-corrected chi connectivity index (χ4v) is 2.97. The van der Waals surface area contributed by atoms with Gasteiger partial charge in [-0.05, 0) is 30.9 Å². The molecule has 0 aliphatic heterocycles. The first-order chi connectivity index (χ1) is 9.19. The van der Waals surface area contributed by atoms with Gasteiger partial charge < -0.3 is 20.3 Å². The van der Waals surface area contributed by atoms with Gasteiger partial charge in [0.2, 0.25) is 0 Å². The maximum atomic E-state index is 10.5. The van der Waals surface area contributed by atoms with Gasteiger partial charge in [0.1, 0.15) is 11.5 Å². The molecule has 0 spiro atoms. The van der Waals surface area contributed by atoms with Crippen molar-refractivity contribution in [1.82, 2.24) is 0 Å². The predicted molar refractivity (Wildman–Crippen MR) is 81.7 cm³/mol. The summed E-state index contributed by atoms with van der Waals surface area (Å²) in [5.41, 5.74) is 7.02. The lowest BCUT2D eigenvalue weighted by atomic mass is 9.90. The van der Waals surface area contributed by atoms with Gasteiger partial charge in [-0.1, -0.05) is 18.9 Å². The van der Waals surface area contributed by atoms with Gasteiger partial charge in [0.25, 0.3) is 0 Å². The second-order valence-electron chi connectivity index (χ2n) is 5.14. The Balaban J connectivity index is 0.00000200.